The maximum absolute atomic E-state index is 13.0. The van der Waals surface area contributed by atoms with Gasteiger partial charge in [-0.25, -0.2) is 0 Å². The number of hydrogen-bond donors (Lipinski definition) is 1. The average molecular weight is 522 g/mol. The quantitative estimate of drug-likeness (QED) is 0.557. The highest BCUT2D eigenvalue weighted by Crippen LogP contribution is 2.34. The minimum Gasteiger partial charge on any atom is -0.336 e. The van der Waals surface area contributed by atoms with Gasteiger partial charge in [-0.1, -0.05) is 60.7 Å². The summed E-state index contributed by atoms with van der Waals surface area (Å²) in [6.45, 7) is 4.23. The van der Waals surface area contributed by atoms with Crippen LogP contribution in [0.2, 0.25) is 0 Å². The highest BCUT2D eigenvalue weighted by atomic mass is 35.5. The van der Waals surface area contributed by atoms with Gasteiger partial charge in [0.15, 0.2) is 0 Å². The van der Waals surface area contributed by atoms with Gasteiger partial charge in [-0.3, -0.25) is 14.7 Å². The van der Waals surface area contributed by atoms with Crippen LogP contribution in [0.4, 0.5) is 0 Å². The molecule has 0 spiro atoms. The first-order chi connectivity index (χ1) is 15.3. The van der Waals surface area contributed by atoms with E-state index in [9.17, 15) is 4.79 Å². The van der Waals surface area contributed by atoms with Crippen molar-refractivity contribution in [2.24, 2.45) is 0 Å². The second-order valence-corrected chi connectivity index (χ2v) is 8.41. The molecule has 8 heteroatoms. The Morgan fingerprint density at radius 3 is 2.09 bits per heavy atom. The van der Waals surface area contributed by atoms with E-state index in [4.69, 9.17) is 0 Å². The van der Waals surface area contributed by atoms with Crippen LogP contribution < -0.4 is 5.32 Å². The Hall–Kier alpha value is -2.15. The number of rotatable bonds is 4. The number of aromatic nitrogens is 1. The van der Waals surface area contributed by atoms with Crippen molar-refractivity contribution in [3.8, 4) is 0 Å². The highest BCUT2D eigenvalue weighted by molar-refractivity contribution is 5.94. The molecule has 0 aliphatic carbocycles. The van der Waals surface area contributed by atoms with Crippen LogP contribution in [0.1, 0.15) is 27.4 Å². The molecule has 5 nitrogen and oxygen atoms in total. The number of halogens is 3. The molecule has 182 valence electrons. The van der Waals surface area contributed by atoms with Gasteiger partial charge >= 0.3 is 0 Å². The molecule has 1 aromatic heterocycles. The molecule has 1 amide bonds. The fourth-order valence-electron chi connectivity index (χ4n) is 5.13. The minimum absolute atomic E-state index is 0. The molecule has 2 saturated heterocycles. The topological polar surface area (TPSA) is 48.5 Å². The van der Waals surface area contributed by atoms with Crippen molar-refractivity contribution >= 4 is 43.1 Å². The van der Waals surface area contributed by atoms with Crippen molar-refractivity contribution in [2.45, 2.75) is 18.0 Å². The van der Waals surface area contributed by atoms with Gasteiger partial charge in [0, 0.05) is 63.1 Å². The van der Waals surface area contributed by atoms with E-state index in [2.05, 4.69) is 75.9 Å². The van der Waals surface area contributed by atoms with Crippen LogP contribution in [-0.2, 0) is 0 Å². The molecule has 34 heavy (non-hydrogen) atoms. The first-order valence-electron chi connectivity index (χ1n) is 11.1. The Labute approximate surface area is 220 Å². The van der Waals surface area contributed by atoms with Crippen LogP contribution >= 0.6 is 37.2 Å². The van der Waals surface area contributed by atoms with Crippen LogP contribution in [0.15, 0.2) is 85.2 Å². The summed E-state index contributed by atoms with van der Waals surface area (Å²) in [6.07, 6.45) is 3.37. The van der Waals surface area contributed by atoms with Gasteiger partial charge in [-0.05, 0) is 23.3 Å². The second kappa shape index (κ2) is 13.1. The smallest absolute Gasteiger partial charge is 0.255 e. The maximum atomic E-state index is 13.0. The van der Waals surface area contributed by atoms with Crippen LogP contribution in [0, 0.1) is 0 Å². The Bertz CT molecular complexity index is 971. The Balaban J connectivity index is 0.00000136. The number of nitrogens with zero attached hydrogens (tertiary/aromatic N) is 3. The molecule has 1 N–H and O–H groups in total. The first kappa shape index (κ1) is 28.1. The third-order valence-electron chi connectivity index (χ3n) is 6.59. The number of amides is 1. The predicted molar refractivity (Wildman–Crippen MR) is 144 cm³/mol. The van der Waals surface area contributed by atoms with Crippen molar-refractivity contribution < 1.29 is 4.79 Å². The van der Waals surface area contributed by atoms with Crippen molar-refractivity contribution in [2.75, 3.05) is 32.7 Å². The molecule has 0 bridgehead atoms. The van der Waals surface area contributed by atoms with Crippen LogP contribution in [-0.4, -0.2) is 65.5 Å². The maximum Gasteiger partial charge on any atom is 0.255 e. The van der Waals surface area contributed by atoms with E-state index in [1.807, 2.05) is 17.0 Å². The number of fused-ring (bicyclic) bond motifs is 1. The Morgan fingerprint density at radius 1 is 0.853 bits per heavy atom. The Morgan fingerprint density at radius 2 is 1.50 bits per heavy atom. The SMILES string of the molecule is Cl.Cl.Cl.O=C(c1cccnc1)N1CCN2C(CNCC2C(c2ccccc2)c2ccccc2)C1. The first-order valence-corrected chi connectivity index (χ1v) is 11.1. The van der Waals surface area contributed by atoms with E-state index in [1.165, 1.54) is 11.1 Å². The molecule has 0 radical (unpaired) electrons. The lowest BCUT2D eigenvalue weighted by Gasteiger charge is -2.50. The van der Waals surface area contributed by atoms with Crippen molar-refractivity contribution in [1.29, 1.82) is 0 Å². The van der Waals surface area contributed by atoms with Crippen LogP contribution in [0.25, 0.3) is 0 Å². The van der Waals surface area contributed by atoms with Crippen molar-refractivity contribution in [1.82, 2.24) is 20.1 Å². The van der Waals surface area contributed by atoms with Gasteiger partial charge in [0.1, 0.15) is 0 Å². The number of carbonyl (C=O) groups is 1. The largest absolute Gasteiger partial charge is 0.336 e. The fraction of sp³-hybridized carbons (Fsp3) is 0.308. The Kier molecular flexibility index (Phi) is 10.8. The third kappa shape index (κ3) is 5.91. The number of carbonyl (C=O) groups excluding carboxylic acids is 1. The molecule has 5 rings (SSSR count). The number of hydrogen-bond acceptors (Lipinski definition) is 4. The van der Waals surface area contributed by atoms with E-state index < -0.39 is 0 Å². The summed E-state index contributed by atoms with van der Waals surface area (Å²) in [5, 5.41) is 3.66. The van der Waals surface area contributed by atoms with Crippen LogP contribution in [0.5, 0.6) is 0 Å². The van der Waals surface area contributed by atoms with Gasteiger partial charge in [0.05, 0.1) is 5.56 Å². The van der Waals surface area contributed by atoms with Gasteiger partial charge in [-0.15, -0.1) is 37.2 Å². The van der Waals surface area contributed by atoms with Crippen molar-refractivity contribution in [3.63, 3.8) is 0 Å². The zero-order valence-electron chi connectivity index (χ0n) is 18.8. The summed E-state index contributed by atoms with van der Waals surface area (Å²) in [6, 6.07) is 26.0. The monoisotopic (exact) mass is 520 g/mol. The lowest BCUT2D eigenvalue weighted by molar-refractivity contribution is 0.0143. The summed E-state index contributed by atoms with van der Waals surface area (Å²) in [5.41, 5.74) is 3.35. The van der Waals surface area contributed by atoms with E-state index >= 15 is 0 Å². The average Bonchev–Trinajstić information content (AvgIpc) is 2.85. The fourth-order valence-corrected chi connectivity index (χ4v) is 5.13. The molecule has 3 aromatic rings. The van der Waals surface area contributed by atoms with E-state index in [1.54, 1.807) is 12.4 Å². The summed E-state index contributed by atoms with van der Waals surface area (Å²) in [7, 11) is 0. The molecule has 2 atom stereocenters. The molecule has 2 fully saturated rings. The zero-order valence-corrected chi connectivity index (χ0v) is 21.3. The standard InChI is InChI=1S/C26H28N4O.3ClH/c31-26(22-12-7-13-27-16-22)29-14-15-30-23(19-29)17-28-18-24(30)25(20-8-3-1-4-9-20)21-10-5-2-6-11-21;;;/h1-13,16,23-25,28H,14-15,17-19H2;3*1H. The van der Waals surface area contributed by atoms with Gasteiger partial charge in [-0.2, -0.15) is 0 Å². The summed E-state index contributed by atoms with van der Waals surface area (Å²) < 4.78 is 0. The van der Waals surface area contributed by atoms with E-state index in [0.717, 1.165) is 32.7 Å². The summed E-state index contributed by atoms with van der Waals surface area (Å²) in [4.78, 5) is 21.7. The molecule has 2 aliphatic rings. The van der Waals surface area contributed by atoms with E-state index in [-0.39, 0.29) is 43.1 Å². The summed E-state index contributed by atoms with van der Waals surface area (Å²) >= 11 is 0. The minimum atomic E-state index is 0. The molecule has 2 aromatic carbocycles. The zero-order chi connectivity index (χ0) is 21.0. The molecular weight excluding hydrogens is 491 g/mol. The molecule has 2 aliphatic heterocycles. The lowest BCUT2D eigenvalue weighted by Crippen LogP contribution is -2.66. The van der Waals surface area contributed by atoms with E-state index in [0.29, 0.717) is 23.6 Å². The highest BCUT2D eigenvalue weighted by Gasteiger charge is 2.40. The van der Waals surface area contributed by atoms with Crippen LogP contribution in [0.3, 0.4) is 0 Å². The molecule has 2 unspecified atom stereocenters. The lowest BCUT2D eigenvalue weighted by atomic mass is 9.82. The predicted octanol–water partition coefficient (Wildman–Crippen LogP) is 4.28. The van der Waals surface area contributed by atoms with Gasteiger partial charge in [0.25, 0.3) is 5.91 Å². The second-order valence-electron chi connectivity index (χ2n) is 8.41. The number of benzene rings is 2. The number of piperazine rings is 2. The third-order valence-corrected chi connectivity index (χ3v) is 6.59. The normalized spacial score (nSPS) is 19.7. The van der Waals surface area contributed by atoms with Gasteiger partial charge < -0.3 is 10.2 Å². The summed E-state index contributed by atoms with van der Waals surface area (Å²) in [5.74, 6) is 0.371. The molecular formula is C26H31Cl3N4O. The molecule has 3 heterocycles. The van der Waals surface area contributed by atoms with Crippen molar-refractivity contribution in [3.05, 3.63) is 102 Å². The van der Waals surface area contributed by atoms with Gasteiger partial charge in [0.2, 0.25) is 0 Å². The molecule has 0 saturated carbocycles. The number of pyridine rings is 1. The number of nitrogens with one attached hydrogen (secondary N) is 1.